The van der Waals surface area contributed by atoms with Crippen molar-refractivity contribution in [1.82, 2.24) is 15.2 Å². The first-order valence-corrected chi connectivity index (χ1v) is 11.5. The topological polar surface area (TPSA) is 67.2 Å². The Morgan fingerprint density at radius 1 is 1.00 bits per heavy atom. The molecule has 0 spiro atoms. The van der Waals surface area contributed by atoms with Crippen LogP contribution in [0.2, 0.25) is 0 Å². The van der Waals surface area contributed by atoms with Crippen LogP contribution in [0.15, 0.2) is 47.6 Å². The van der Waals surface area contributed by atoms with Crippen molar-refractivity contribution in [2.75, 3.05) is 55.6 Å². The Bertz CT molecular complexity index is 878. The van der Waals surface area contributed by atoms with E-state index in [4.69, 9.17) is 4.99 Å². The van der Waals surface area contributed by atoms with Gasteiger partial charge in [0, 0.05) is 52.0 Å². The molecular formula is C24H35IN6O. The van der Waals surface area contributed by atoms with E-state index in [1.807, 2.05) is 24.4 Å². The molecule has 2 aliphatic heterocycles. The zero-order valence-electron chi connectivity index (χ0n) is 18.9. The minimum absolute atomic E-state index is 0. The number of phenolic OH excluding ortho intramolecular Hbond substituents is 1. The number of hydrogen-bond acceptors (Lipinski definition) is 5. The Morgan fingerprint density at radius 2 is 1.75 bits per heavy atom. The molecule has 0 aliphatic carbocycles. The maximum absolute atomic E-state index is 10.1. The van der Waals surface area contributed by atoms with Crippen LogP contribution in [-0.2, 0) is 6.54 Å². The summed E-state index contributed by atoms with van der Waals surface area (Å²) in [5, 5.41) is 13.6. The van der Waals surface area contributed by atoms with Gasteiger partial charge in [-0.15, -0.1) is 24.0 Å². The van der Waals surface area contributed by atoms with Crippen molar-refractivity contribution in [2.45, 2.75) is 32.7 Å². The van der Waals surface area contributed by atoms with E-state index in [2.05, 4.69) is 44.1 Å². The summed E-state index contributed by atoms with van der Waals surface area (Å²) in [6.45, 7) is 9.25. The van der Waals surface area contributed by atoms with Gasteiger partial charge < -0.3 is 25.1 Å². The van der Waals surface area contributed by atoms with Gasteiger partial charge >= 0.3 is 0 Å². The van der Waals surface area contributed by atoms with E-state index >= 15 is 0 Å². The minimum atomic E-state index is 0. The highest BCUT2D eigenvalue weighted by Gasteiger charge is 2.21. The molecule has 4 rings (SSSR count). The summed E-state index contributed by atoms with van der Waals surface area (Å²) in [5.41, 5.74) is 2.10. The fourth-order valence-electron chi connectivity index (χ4n) is 4.34. The normalized spacial score (nSPS) is 17.2. The van der Waals surface area contributed by atoms with Gasteiger partial charge in [-0.05, 0) is 56.0 Å². The number of guanidine groups is 1. The van der Waals surface area contributed by atoms with E-state index in [0.29, 0.717) is 12.3 Å². The number of aliphatic imine (C=N–C) groups is 1. The standard InChI is InChI=1S/C24H34N6O.HI/c1-2-25-24(30-16-14-28(15-17-30)21-8-4-5-9-22(21)31)27-19-20-10-11-26-23(18-20)29-12-6-3-7-13-29;/h4-5,8-11,18,31H,2-3,6-7,12-17,19H2,1H3,(H,25,27);1H. The lowest BCUT2D eigenvalue weighted by Gasteiger charge is -2.37. The number of para-hydroxylation sites is 2. The lowest BCUT2D eigenvalue weighted by molar-refractivity contribution is 0.369. The highest BCUT2D eigenvalue weighted by molar-refractivity contribution is 14.0. The molecule has 0 radical (unpaired) electrons. The Kier molecular flexibility index (Phi) is 9.25. The third kappa shape index (κ3) is 6.17. The van der Waals surface area contributed by atoms with E-state index in [9.17, 15) is 5.11 Å². The first-order valence-electron chi connectivity index (χ1n) is 11.5. The lowest BCUT2D eigenvalue weighted by atomic mass is 10.1. The third-order valence-electron chi connectivity index (χ3n) is 6.04. The molecule has 2 N–H and O–H groups in total. The monoisotopic (exact) mass is 550 g/mol. The second-order valence-corrected chi connectivity index (χ2v) is 8.20. The maximum Gasteiger partial charge on any atom is 0.194 e. The molecule has 174 valence electrons. The highest BCUT2D eigenvalue weighted by atomic mass is 127. The number of benzene rings is 1. The smallest absolute Gasteiger partial charge is 0.194 e. The first kappa shape index (κ1) is 24.4. The van der Waals surface area contributed by atoms with Crippen molar-refractivity contribution in [2.24, 2.45) is 4.99 Å². The molecule has 2 aliphatic rings. The van der Waals surface area contributed by atoms with Gasteiger partial charge in [-0.25, -0.2) is 9.98 Å². The largest absolute Gasteiger partial charge is 0.506 e. The Balaban J connectivity index is 0.00000289. The van der Waals surface area contributed by atoms with Crippen LogP contribution >= 0.6 is 24.0 Å². The van der Waals surface area contributed by atoms with Crippen molar-refractivity contribution in [3.8, 4) is 5.75 Å². The molecule has 1 aromatic carbocycles. The van der Waals surface area contributed by atoms with Crippen LogP contribution < -0.4 is 15.1 Å². The van der Waals surface area contributed by atoms with Gasteiger partial charge in [0.2, 0.25) is 0 Å². The van der Waals surface area contributed by atoms with Crippen LogP contribution in [0.3, 0.4) is 0 Å². The summed E-state index contributed by atoms with van der Waals surface area (Å²) in [6, 6.07) is 11.8. The second kappa shape index (κ2) is 12.1. The van der Waals surface area contributed by atoms with E-state index in [1.165, 1.54) is 24.8 Å². The van der Waals surface area contributed by atoms with Crippen LogP contribution in [0.4, 0.5) is 11.5 Å². The van der Waals surface area contributed by atoms with Gasteiger partial charge in [0.25, 0.3) is 0 Å². The van der Waals surface area contributed by atoms with Crippen molar-refractivity contribution in [3.63, 3.8) is 0 Å². The van der Waals surface area contributed by atoms with Crippen LogP contribution in [0.25, 0.3) is 0 Å². The summed E-state index contributed by atoms with van der Waals surface area (Å²) in [5.74, 6) is 2.38. The van der Waals surface area contributed by atoms with Gasteiger partial charge in [0.1, 0.15) is 11.6 Å². The third-order valence-corrected chi connectivity index (χ3v) is 6.04. The summed E-state index contributed by atoms with van der Waals surface area (Å²) in [6.07, 6.45) is 5.74. The van der Waals surface area contributed by atoms with E-state index in [-0.39, 0.29) is 24.0 Å². The van der Waals surface area contributed by atoms with E-state index < -0.39 is 0 Å². The van der Waals surface area contributed by atoms with Gasteiger partial charge in [-0.2, -0.15) is 0 Å². The molecule has 3 heterocycles. The molecule has 2 aromatic rings. The van der Waals surface area contributed by atoms with Gasteiger partial charge in [-0.3, -0.25) is 0 Å². The highest BCUT2D eigenvalue weighted by Crippen LogP contribution is 2.27. The number of nitrogens with one attached hydrogen (secondary N) is 1. The fraction of sp³-hybridized carbons (Fsp3) is 0.500. The molecule has 0 unspecified atom stereocenters. The Morgan fingerprint density at radius 3 is 2.47 bits per heavy atom. The van der Waals surface area contributed by atoms with Crippen LogP contribution in [0.1, 0.15) is 31.7 Å². The molecule has 2 saturated heterocycles. The second-order valence-electron chi connectivity index (χ2n) is 8.20. The van der Waals surface area contributed by atoms with Crippen molar-refractivity contribution < 1.29 is 5.11 Å². The number of anilines is 2. The summed E-state index contributed by atoms with van der Waals surface area (Å²) in [4.78, 5) is 16.5. The van der Waals surface area contributed by atoms with Crippen LogP contribution in [-0.4, -0.2) is 66.8 Å². The number of piperazine rings is 1. The van der Waals surface area contributed by atoms with Gasteiger partial charge in [0.05, 0.1) is 12.2 Å². The lowest BCUT2D eigenvalue weighted by Crippen LogP contribution is -2.52. The number of rotatable bonds is 5. The predicted octanol–water partition coefficient (Wildman–Crippen LogP) is 3.68. The molecule has 32 heavy (non-hydrogen) atoms. The molecule has 7 nitrogen and oxygen atoms in total. The minimum Gasteiger partial charge on any atom is -0.506 e. The number of nitrogens with zero attached hydrogens (tertiary/aromatic N) is 5. The molecule has 2 fully saturated rings. The zero-order chi connectivity index (χ0) is 21.5. The first-order chi connectivity index (χ1) is 15.2. The van der Waals surface area contributed by atoms with Crippen molar-refractivity contribution in [1.29, 1.82) is 0 Å². The molecule has 8 heteroatoms. The Labute approximate surface area is 208 Å². The molecule has 0 bridgehead atoms. The van der Waals surface area contributed by atoms with E-state index in [1.54, 1.807) is 6.07 Å². The Hall–Kier alpha value is -2.23. The summed E-state index contributed by atoms with van der Waals surface area (Å²) >= 11 is 0. The molecule has 0 amide bonds. The summed E-state index contributed by atoms with van der Waals surface area (Å²) in [7, 11) is 0. The number of phenols is 1. The quantitative estimate of drug-likeness (QED) is 0.337. The van der Waals surface area contributed by atoms with Gasteiger partial charge in [0.15, 0.2) is 5.96 Å². The SMILES string of the molecule is CCNC(=NCc1ccnc(N2CCCCC2)c1)N1CCN(c2ccccc2O)CC1.I. The van der Waals surface area contributed by atoms with Crippen LogP contribution in [0.5, 0.6) is 5.75 Å². The average molecular weight is 550 g/mol. The molecule has 1 aromatic heterocycles. The zero-order valence-corrected chi connectivity index (χ0v) is 21.2. The number of aromatic nitrogens is 1. The number of aromatic hydroxyl groups is 1. The molecule has 0 saturated carbocycles. The molecular weight excluding hydrogens is 515 g/mol. The van der Waals surface area contributed by atoms with Crippen LogP contribution in [0, 0.1) is 0 Å². The van der Waals surface area contributed by atoms with Crippen molar-refractivity contribution in [3.05, 3.63) is 48.2 Å². The number of halogens is 1. The maximum atomic E-state index is 10.1. The number of hydrogen-bond donors (Lipinski definition) is 2. The average Bonchev–Trinajstić information content (AvgIpc) is 2.83. The van der Waals surface area contributed by atoms with E-state index in [0.717, 1.165) is 63.3 Å². The number of piperidine rings is 1. The van der Waals surface area contributed by atoms with Crippen molar-refractivity contribution >= 4 is 41.4 Å². The predicted molar refractivity (Wildman–Crippen MR) is 142 cm³/mol. The molecule has 0 atom stereocenters. The number of pyridine rings is 1. The summed E-state index contributed by atoms with van der Waals surface area (Å²) < 4.78 is 0. The fourth-order valence-corrected chi connectivity index (χ4v) is 4.34. The van der Waals surface area contributed by atoms with Gasteiger partial charge in [-0.1, -0.05) is 12.1 Å².